The van der Waals surface area contributed by atoms with Gasteiger partial charge in [-0.25, -0.2) is 4.39 Å². The Hall–Kier alpha value is -0.780. The van der Waals surface area contributed by atoms with E-state index in [9.17, 15) is 9.18 Å². The molecule has 0 spiro atoms. The summed E-state index contributed by atoms with van der Waals surface area (Å²) in [4.78, 5) is 11.7. The standard InChI is InChI=1S/C11H13BrFNO2/c1-16-6-8(14)5-11(15)9-4-7(12)2-3-10(9)13/h2-4,8H,5-6,14H2,1H3. The first-order valence-corrected chi connectivity index (χ1v) is 5.56. The van der Waals surface area contributed by atoms with Crippen molar-refractivity contribution in [1.82, 2.24) is 0 Å². The van der Waals surface area contributed by atoms with Crippen LogP contribution in [-0.4, -0.2) is 25.5 Å². The third-order valence-electron chi connectivity index (χ3n) is 2.06. The fraction of sp³-hybridized carbons (Fsp3) is 0.364. The first-order chi connectivity index (χ1) is 7.54. The summed E-state index contributed by atoms with van der Waals surface area (Å²) in [5.74, 6) is -0.846. The number of nitrogens with two attached hydrogens (primary N) is 1. The smallest absolute Gasteiger partial charge is 0.167 e. The lowest BCUT2D eigenvalue weighted by Crippen LogP contribution is -2.28. The Balaban J connectivity index is 2.76. The zero-order valence-electron chi connectivity index (χ0n) is 8.87. The second kappa shape index (κ2) is 6.08. The predicted octanol–water partition coefficient (Wildman–Crippen LogP) is 2.13. The molecule has 0 bridgehead atoms. The van der Waals surface area contributed by atoms with E-state index in [0.29, 0.717) is 4.47 Å². The largest absolute Gasteiger partial charge is 0.383 e. The molecule has 0 radical (unpaired) electrons. The summed E-state index contributed by atoms with van der Waals surface area (Å²) in [6, 6.07) is 3.84. The van der Waals surface area contributed by atoms with E-state index in [0.717, 1.165) is 0 Å². The van der Waals surface area contributed by atoms with E-state index in [2.05, 4.69) is 15.9 Å². The normalized spacial score (nSPS) is 12.5. The van der Waals surface area contributed by atoms with Gasteiger partial charge in [-0.3, -0.25) is 4.79 Å². The highest BCUT2D eigenvalue weighted by Gasteiger charge is 2.15. The lowest BCUT2D eigenvalue weighted by molar-refractivity contribution is 0.0945. The van der Waals surface area contributed by atoms with E-state index in [-0.39, 0.29) is 24.4 Å². The van der Waals surface area contributed by atoms with E-state index in [1.807, 2.05) is 0 Å². The number of halogens is 2. The van der Waals surface area contributed by atoms with Crippen molar-refractivity contribution in [3.05, 3.63) is 34.1 Å². The third-order valence-corrected chi connectivity index (χ3v) is 2.55. The number of hydrogen-bond acceptors (Lipinski definition) is 3. The third kappa shape index (κ3) is 3.66. The van der Waals surface area contributed by atoms with Crippen molar-refractivity contribution < 1.29 is 13.9 Å². The van der Waals surface area contributed by atoms with Gasteiger partial charge in [-0.2, -0.15) is 0 Å². The Morgan fingerprint density at radius 3 is 2.94 bits per heavy atom. The topological polar surface area (TPSA) is 52.3 Å². The highest BCUT2D eigenvalue weighted by Crippen LogP contribution is 2.17. The number of carbonyl (C=O) groups is 1. The molecular formula is C11H13BrFNO2. The SMILES string of the molecule is COCC(N)CC(=O)c1cc(Br)ccc1F. The van der Waals surface area contributed by atoms with Gasteiger partial charge in [0.1, 0.15) is 5.82 Å². The van der Waals surface area contributed by atoms with Gasteiger partial charge in [0.15, 0.2) is 5.78 Å². The van der Waals surface area contributed by atoms with Gasteiger partial charge in [-0.1, -0.05) is 15.9 Å². The number of ether oxygens (including phenoxy) is 1. The summed E-state index contributed by atoms with van der Waals surface area (Å²) in [7, 11) is 1.50. The van der Waals surface area contributed by atoms with E-state index in [1.54, 1.807) is 6.07 Å². The number of methoxy groups -OCH3 is 1. The molecule has 0 aliphatic rings. The van der Waals surface area contributed by atoms with E-state index >= 15 is 0 Å². The van der Waals surface area contributed by atoms with Gasteiger partial charge in [0, 0.05) is 24.0 Å². The molecule has 1 rings (SSSR count). The molecule has 2 N–H and O–H groups in total. The van der Waals surface area contributed by atoms with Crippen LogP contribution in [0, 0.1) is 5.82 Å². The molecule has 5 heteroatoms. The van der Waals surface area contributed by atoms with Crippen LogP contribution in [0.5, 0.6) is 0 Å². The first kappa shape index (κ1) is 13.3. The van der Waals surface area contributed by atoms with Crippen LogP contribution in [0.2, 0.25) is 0 Å². The second-order valence-electron chi connectivity index (χ2n) is 3.47. The summed E-state index contributed by atoms with van der Waals surface area (Å²) in [6.45, 7) is 0.279. The number of Topliss-reactive ketones (excluding diaryl/α,β-unsaturated/α-hetero) is 1. The molecule has 0 aliphatic carbocycles. The Morgan fingerprint density at radius 2 is 2.31 bits per heavy atom. The molecule has 1 atom stereocenters. The first-order valence-electron chi connectivity index (χ1n) is 4.77. The number of benzene rings is 1. The maximum absolute atomic E-state index is 13.3. The molecule has 0 fully saturated rings. The van der Waals surface area contributed by atoms with Crippen molar-refractivity contribution in [2.24, 2.45) is 5.73 Å². The molecule has 16 heavy (non-hydrogen) atoms. The van der Waals surface area contributed by atoms with Crippen molar-refractivity contribution in [2.45, 2.75) is 12.5 Å². The summed E-state index contributed by atoms with van der Waals surface area (Å²) in [6.07, 6.45) is 0.0706. The minimum atomic E-state index is -0.530. The van der Waals surface area contributed by atoms with Gasteiger partial charge in [0.05, 0.1) is 12.2 Å². The van der Waals surface area contributed by atoms with Gasteiger partial charge in [-0.05, 0) is 18.2 Å². The van der Waals surface area contributed by atoms with Crippen LogP contribution in [0.25, 0.3) is 0 Å². The zero-order chi connectivity index (χ0) is 12.1. The fourth-order valence-electron chi connectivity index (χ4n) is 1.33. The van der Waals surface area contributed by atoms with Crippen molar-refractivity contribution >= 4 is 21.7 Å². The maximum atomic E-state index is 13.3. The average Bonchev–Trinajstić information content (AvgIpc) is 2.21. The minimum Gasteiger partial charge on any atom is -0.383 e. The molecule has 0 saturated carbocycles. The lowest BCUT2D eigenvalue weighted by Gasteiger charge is -2.09. The second-order valence-corrected chi connectivity index (χ2v) is 4.38. The van der Waals surface area contributed by atoms with Crippen molar-refractivity contribution in [2.75, 3.05) is 13.7 Å². The molecule has 0 saturated heterocycles. The minimum absolute atomic E-state index is 0.0564. The molecule has 3 nitrogen and oxygen atoms in total. The highest BCUT2D eigenvalue weighted by molar-refractivity contribution is 9.10. The van der Waals surface area contributed by atoms with E-state index in [4.69, 9.17) is 10.5 Å². The van der Waals surface area contributed by atoms with Crippen LogP contribution in [0.1, 0.15) is 16.8 Å². The molecule has 0 aromatic heterocycles. The van der Waals surface area contributed by atoms with Gasteiger partial charge < -0.3 is 10.5 Å². The lowest BCUT2D eigenvalue weighted by atomic mass is 10.0. The van der Waals surface area contributed by atoms with Crippen molar-refractivity contribution in [1.29, 1.82) is 0 Å². The fourth-order valence-corrected chi connectivity index (χ4v) is 1.69. The Bertz CT molecular complexity index is 384. The summed E-state index contributed by atoms with van der Waals surface area (Å²) >= 11 is 3.19. The molecule has 0 aliphatic heterocycles. The monoisotopic (exact) mass is 289 g/mol. The molecule has 1 aromatic rings. The Morgan fingerprint density at radius 1 is 1.62 bits per heavy atom. The van der Waals surface area contributed by atoms with Gasteiger partial charge in [-0.15, -0.1) is 0 Å². The van der Waals surface area contributed by atoms with Crippen LogP contribution < -0.4 is 5.73 Å². The molecule has 0 amide bonds. The maximum Gasteiger partial charge on any atom is 0.167 e. The highest BCUT2D eigenvalue weighted by atomic mass is 79.9. The number of rotatable bonds is 5. The summed E-state index contributed by atoms with van der Waals surface area (Å²) in [5.41, 5.74) is 5.69. The van der Waals surface area contributed by atoms with Crippen LogP contribution in [0.3, 0.4) is 0 Å². The van der Waals surface area contributed by atoms with Crippen LogP contribution in [0.4, 0.5) is 4.39 Å². The van der Waals surface area contributed by atoms with Crippen LogP contribution in [-0.2, 0) is 4.74 Å². The predicted molar refractivity (Wildman–Crippen MR) is 62.9 cm³/mol. The van der Waals surface area contributed by atoms with Crippen molar-refractivity contribution in [3.8, 4) is 0 Å². The van der Waals surface area contributed by atoms with Crippen molar-refractivity contribution in [3.63, 3.8) is 0 Å². The zero-order valence-corrected chi connectivity index (χ0v) is 10.5. The Labute approximate surface area is 102 Å². The molecule has 88 valence electrons. The average molecular weight is 290 g/mol. The van der Waals surface area contributed by atoms with Crippen LogP contribution in [0.15, 0.2) is 22.7 Å². The molecule has 1 unspecified atom stereocenters. The van der Waals surface area contributed by atoms with E-state index < -0.39 is 11.9 Å². The number of hydrogen-bond donors (Lipinski definition) is 1. The summed E-state index contributed by atoms with van der Waals surface area (Å²) in [5, 5.41) is 0. The molecule has 1 aromatic carbocycles. The van der Waals surface area contributed by atoms with Gasteiger partial charge >= 0.3 is 0 Å². The number of carbonyl (C=O) groups excluding carboxylic acids is 1. The van der Waals surface area contributed by atoms with Gasteiger partial charge in [0.2, 0.25) is 0 Å². The molecular weight excluding hydrogens is 277 g/mol. The quantitative estimate of drug-likeness (QED) is 0.845. The molecule has 0 heterocycles. The van der Waals surface area contributed by atoms with Gasteiger partial charge in [0.25, 0.3) is 0 Å². The summed E-state index contributed by atoms with van der Waals surface area (Å²) < 4.78 is 18.8. The Kier molecular flexibility index (Phi) is 5.05. The van der Waals surface area contributed by atoms with Crippen LogP contribution >= 0.6 is 15.9 Å². The van der Waals surface area contributed by atoms with E-state index in [1.165, 1.54) is 19.2 Å². The number of ketones is 1.